The molecule has 1 aliphatic rings. The molecule has 26 heavy (non-hydrogen) atoms. The van der Waals surface area contributed by atoms with Gasteiger partial charge in [-0.1, -0.05) is 26.0 Å². The summed E-state index contributed by atoms with van der Waals surface area (Å²) in [6, 6.07) is 10.0. The molecule has 2 aromatic rings. The number of carbonyl (C=O) groups excluding carboxylic acids is 1. The smallest absolute Gasteiger partial charge is 0.316 e. The molecule has 0 radical (unpaired) electrons. The molecule has 0 saturated carbocycles. The fraction of sp³-hybridized carbons (Fsp3) is 0.450. The summed E-state index contributed by atoms with van der Waals surface area (Å²) in [5, 5.41) is 0. The topological polar surface area (TPSA) is 64.5 Å². The summed E-state index contributed by atoms with van der Waals surface area (Å²) in [4.78, 5) is 22.4. The van der Waals surface area contributed by atoms with Crippen molar-refractivity contribution in [3.05, 3.63) is 48.3 Å². The van der Waals surface area contributed by atoms with Gasteiger partial charge in [-0.25, -0.2) is 9.97 Å². The van der Waals surface area contributed by atoms with Crippen molar-refractivity contribution in [1.82, 2.24) is 14.9 Å². The number of aromatic nitrogens is 2. The molecule has 1 fully saturated rings. The monoisotopic (exact) mass is 355 g/mol. The summed E-state index contributed by atoms with van der Waals surface area (Å²) >= 11 is 0. The van der Waals surface area contributed by atoms with Gasteiger partial charge >= 0.3 is 6.01 Å². The molecule has 1 aliphatic heterocycles. The van der Waals surface area contributed by atoms with Crippen LogP contribution in [0.4, 0.5) is 0 Å². The van der Waals surface area contributed by atoms with Gasteiger partial charge in [0.25, 0.3) is 5.91 Å². The first-order valence-corrected chi connectivity index (χ1v) is 9.06. The highest BCUT2D eigenvalue weighted by atomic mass is 16.5. The summed E-state index contributed by atoms with van der Waals surface area (Å²) in [7, 11) is 0. The van der Waals surface area contributed by atoms with E-state index >= 15 is 0 Å². The molecule has 1 saturated heterocycles. The summed E-state index contributed by atoms with van der Waals surface area (Å²) in [6.07, 6.45) is 4.99. The van der Waals surface area contributed by atoms with Gasteiger partial charge in [-0.2, -0.15) is 0 Å². The third kappa shape index (κ3) is 4.94. The molecule has 6 nitrogen and oxygen atoms in total. The van der Waals surface area contributed by atoms with E-state index in [1.54, 1.807) is 23.4 Å². The average molecular weight is 355 g/mol. The average Bonchev–Trinajstić information content (AvgIpc) is 2.67. The molecule has 0 spiro atoms. The molecular formula is C20H25N3O3. The minimum atomic E-state index is -0.0829. The largest absolute Gasteiger partial charge is 0.484 e. The minimum absolute atomic E-state index is 0.0276. The van der Waals surface area contributed by atoms with Crippen LogP contribution in [0.5, 0.6) is 11.8 Å². The zero-order chi connectivity index (χ0) is 18.4. The van der Waals surface area contributed by atoms with Crippen LogP contribution in [-0.4, -0.2) is 46.6 Å². The minimum Gasteiger partial charge on any atom is -0.484 e. The lowest BCUT2D eigenvalue weighted by Gasteiger charge is -2.32. The number of rotatable bonds is 6. The van der Waals surface area contributed by atoms with Gasteiger partial charge in [-0.15, -0.1) is 0 Å². The Morgan fingerprint density at radius 3 is 2.65 bits per heavy atom. The van der Waals surface area contributed by atoms with Gasteiger partial charge in [0.2, 0.25) is 0 Å². The third-order valence-electron chi connectivity index (χ3n) is 4.45. The normalized spacial score (nSPS) is 17.2. The Hall–Kier alpha value is -2.63. The Bertz CT molecular complexity index is 704. The van der Waals surface area contributed by atoms with E-state index in [-0.39, 0.29) is 18.6 Å². The molecule has 0 bridgehead atoms. The highest BCUT2D eigenvalue weighted by Gasteiger charge is 2.25. The van der Waals surface area contributed by atoms with E-state index in [9.17, 15) is 4.79 Å². The second-order valence-corrected chi connectivity index (χ2v) is 6.77. The molecule has 0 aliphatic carbocycles. The van der Waals surface area contributed by atoms with Crippen molar-refractivity contribution in [2.45, 2.75) is 38.7 Å². The lowest BCUT2D eigenvalue weighted by atomic mass is 10.0. The van der Waals surface area contributed by atoms with Crippen LogP contribution in [-0.2, 0) is 4.79 Å². The van der Waals surface area contributed by atoms with Gasteiger partial charge in [-0.3, -0.25) is 4.79 Å². The fourth-order valence-electron chi connectivity index (χ4n) is 2.94. The standard InChI is InChI=1S/C20H25N3O3/c1-15(2)16-6-8-17(9-7-16)25-14-19(24)23-12-3-5-18(13-23)26-20-21-10-4-11-22-20/h4,6-11,15,18H,3,5,12-14H2,1-2H3. The van der Waals surface area contributed by atoms with Crippen LogP contribution in [0.1, 0.15) is 38.2 Å². The maximum atomic E-state index is 12.5. The lowest BCUT2D eigenvalue weighted by Crippen LogP contribution is -2.46. The van der Waals surface area contributed by atoms with Crippen molar-refractivity contribution in [3.63, 3.8) is 0 Å². The molecule has 138 valence electrons. The number of likely N-dealkylation sites (tertiary alicyclic amines) is 1. The number of piperidine rings is 1. The summed E-state index contributed by atoms with van der Waals surface area (Å²) < 4.78 is 11.4. The number of amides is 1. The van der Waals surface area contributed by atoms with Crippen LogP contribution in [0.25, 0.3) is 0 Å². The second-order valence-electron chi connectivity index (χ2n) is 6.77. The van der Waals surface area contributed by atoms with E-state index in [2.05, 4.69) is 23.8 Å². The predicted molar refractivity (Wildman–Crippen MR) is 98.3 cm³/mol. The number of carbonyl (C=O) groups is 1. The summed E-state index contributed by atoms with van der Waals surface area (Å²) in [6.45, 7) is 5.59. The van der Waals surface area contributed by atoms with Crippen LogP contribution in [0.2, 0.25) is 0 Å². The van der Waals surface area contributed by atoms with Gasteiger partial charge in [0, 0.05) is 18.9 Å². The van der Waals surface area contributed by atoms with E-state index in [0.29, 0.717) is 24.2 Å². The number of hydrogen-bond acceptors (Lipinski definition) is 5. The summed E-state index contributed by atoms with van der Waals surface area (Å²) in [5.74, 6) is 1.16. The van der Waals surface area contributed by atoms with Crippen LogP contribution in [0.3, 0.4) is 0 Å². The molecule has 1 amide bonds. The van der Waals surface area contributed by atoms with E-state index in [0.717, 1.165) is 19.4 Å². The quantitative estimate of drug-likeness (QED) is 0.797. The molecule has 1 aromatic heterocycles. The number of nitrogens with zero attached hydrogens (tertiary/aromatic N) is 3. The highest BCUT2D eigenvalue weighted by Crippen LogP contribution is 2.19. The van der Waals surface area contributed by atoms with Gasteiger partial charge in [-0.05, 0) is 42.5 Å². The SMILES string of the molecule is CC(C)c1ccc(OCC(=O)N2CCCC(Oc3ncccn3)C2)cc1. The maximum absolute atomic E-state index is 12.5. The zero-order valence-corrected chi connectivity index (χ0v) is 15.3. The molecule has 3 rings (SSSR count). The fourth-order valence-corrected chi connectivity index (χ4v) is 2.94. The van der Waals surface area contributed by atoms with Gasteiger partial charge < -0.3 is 14.4 Å². The molecule has 0 N–H and O–H groups in total. The van der Waals surface area contributed by atoms with Crippen molar-refractivity contribution in [2.75, 3.05) is 19.7 Å². The van der Waals surface area contributed by atoms with Crippen LogP contribution >= 0.6 is 0 Å². The molecule has 1 atom stereocenters. The van der Waals surface area contributed by atoms with E-state index in [4.69, 9.17) is 9.47 Å². The Kier molecular flexibility index (Phi) is 6.04. The van der Waals surface area contributed by atoms with E-state index < -0.39 is 0 Å². The number of ether oxygens (including phenoxy) is 2. The summed E-state index contributed by atoms with van der Waals surface area (Å²) in [5.41, 5.74) is 1.25. The lowest BCUT2D eigenvalue weighted by molar-refractivity contribution is -0.136. The van der Waals surface area contributed by atoms with Crippen molar-refractivity contribution >= 4 is 5.91 Å². The molecule has 6 heteroatoms. The van der Waals surface area contributed by atoms with Crippen molar-refractivity contribution in [2.24, 2.45) is 0 Å². The van der Waals surface area contributed by atoms with Crippen molar-refractivity contribution in [3.8, 4) is 11.8 Å². The van der Waals surface area contributed by atoms with E-state index in [1.807, 2.05) is 24.3 Å². The first-order valence-electron chi connectivity index (χ1n) is 9.06. The first kappa shape index (κ1) is 18.2. The molecule has 2 heterocycles. The molecular weight excluding hydrogens is 330 g/mol. The van der Waals surface area contributed by atoms with Crippen molar-refractivity contribution < 1.29 is 14.3 Å². The predicted octanol–water partition coefficient (Wildman–Crippen LogP) is 3.05. The number of benzene rings is 1. The Labute approximate surface area is 154 Å². The number of hydrogen-bond donors (Lipinski definition) is 0. The van der Waals surface area contributed by atoms with Crippen LogP contribution < -0.4 is 9.47 Å². The van der Waals surface area contributed by atoms with Crippen molar-refractivity contribution in [1.29, 1.82) is 0 Å². The second kappa shape index (κ2) is 8.65. The van der Waals surface area contributed by atoms with Gasteiger partial charge in [0.15, 0.2) is 6.61 Å². The first-order chi connectivity index (χ1) is 12.6. The Morgan fingerprint density at radius 1 is 1.23 bits per heavy atom. The van der Waals surface area contributed by atoms with Gasteiger partial charge in [0.05, 0.1) is 6.54 Å². The van der Waals surface area contributed by atoms with Crippen LogP contribution in [0.15, 0.2) is 42.7 Å². The zero-order valence-electron chi connectivity index (χ0n) is 15.3. The Morgan fingerprint density at radius 2 is 1.96 bits per heavy atom. The molecule has 1 aromatic carbocycles. The molecule has 1 unspecified atom stereocenters. The van der Waals surface area contributed by atoms with Crippen LogP contribution in [0, 0.1) is 0 Å². The highest BCUT2D eigenvalue weighted by molar-refractivity contribution is 5.77. The third-order valence-corrected chi connectivity index (χ3v) is 4.45. The van der Waals surface area contributed by atoms with Gasteiger partial charge in [0.1, 0.15) is 11.9 Å². The Balaban J connectivity index is 1.49. The van der Waals surface area contributed by atoms with E-state index in [1.165, 1.54) is 5.56 Å². The maximum Gasteiger partial charge on any atom is 0.316 e.